The first-order chi connectivity index (χ1) is 5.75. The lowest BCUT2D eigenvalue weighted by molar-refractivity contribution is 1.17. The molecular weight excluding hydrogens is 144 g/mol. The zero-order valence-electron chi connectivity index (χ0n) is 7.72. The predicted molar refractivity (Wildman–Crippen MR) is 53.3 cm³/mol. The highest BCUT2D eigenvalue weighted by molar-refractivity contribution is 5.34. The Balaban J connectivity index is 3.03. The van der Waals surface area contributed by atoms with Crippen LogP contribution in [0.25, 0.3) is 0 Å². The largest absolute Gasteiger partial charge is 0.133 e. The van der Waals surface area contributed by atoms with E-state index in [2.05, 4.69) is 44.4 Å². The fourth-order valence-electron chi connectivity index (χ4n) is 1.35. The number of benzene rings is 1. The molecule has 0 N–H and O–H groups in total. The van der Waals surface area contributed by atoms with Crippen molar-refractivity contribution in [2.45, 2.75) is 20.3 Å². The van der Waals surface area contributed by atoms with Crippen LogP contribution < -0.4 is 0 Å². The van der Waals surface area contributed by atoms with Crippen molar-refractivity contribution < 1.29 is 0 Å². The van der Waals surface area contributed by atoms with Gasteiger partial charge in [0.05, 0.1) is 0 Å². The van der Waals surface area contributed by atoms with Crippen LogP contribution in [0.4, 0.5) is 0 Å². The SMILES string of the molecule is C=C=CCc1c(C)cccc1C. The van der Waals surface area contributed by atoms with E-state index in [4.69, 9.17) is 0 Å². The Morgan fingerprint density at radius 1 is 1.33 bits per heavy atom. The summed E-state index contributed by atoms with van der Waals surface area (Å²) < 4.78 is 0. The second-order valence-electron chi connectivity index (χ2n) is 2.98. The van der Waals surface area contributed by atoms with Gasteiger partial charge in [-0.3, -0.25) is 0 Å². The van der Waals surface area contributed by atoms with Gasteiger partial charge in [0, 0.05) is 0 Å². The second kappa shape index (κ2) is 3.94. The first-order valence-corrected chi connectivity index (χ1v) is 4.15. The first-order valence-electron chi connectivity index (χ1n) is 4.15. The monoisotopic (exact) mass is 158 g/mol. The van der Waals surface area contributed by atoms with Gasteiger partial charge in [-0.15, -0.1) is 5.73 Å². The Bertz CT molecular complexity index is 295. The molecule has 0 fully saturated rings. The molecule has 1 rings (SSSR count). The van der Waals surface area contributed by atoms with Gasteiger partial charge < -0.3 is 0 Å². The van der Waals surface area contributed by atoms with Crippen molar-refractivity contribution in [2.24, 2.45) is 0 Å². The van der Waals surface area contributed by atoms with Gasteiger partial charge in [0.1, 0.15) is 0 Å². The van der Waals surface area contributed by atoms with Crippen molar-refractivity contribution in [1.29, 1.82) is 0 Å². The van der Waals surface area contributed by atoms with Crippen LogP contribution in [0.1, 0.15) is 16.7 Å². The smallest absolute Gasteiger partial charge is 0.00162 e. The molecule has 0 saturated carbocycles. The van der Waals surface area contributed by atoms with E-state index in [0.29, 0.717) is 0 Å². The Hall–Kier alpha value is -1.26. The topological polar surface area (TPSA) is 0 Å². The summed E-state index contributed by atoms with van der Waals surface area (Å²) in [6.07, 6.45) is 2.91. The summed E-state index contributed by atoms with van der Waals surface area (Å²) in [7, 11) is 0. The third kappa shape index (κ3) is 1.87. The van der Waals surface area contributed by atoms with Gasteiger partial charge in [-0.1, -0.05) is 24.8 Å². The first kappa shape index (κ1) is 8.83. The van der Waals surface area contributed by atoms with Gasteiger partial charge in [-0.05, 0) is 43.0 Å². The fourth-order valence-corrected chi connectivity index (χ4v) is 1.35. The maximum Gasteiger partial charge on any atom is -0.00162 e. The fraction of sp³-hybridized carbons (Fsp3) is 0.250. The van der Waals surface area contributed by atoms with E-state index in [1.54, 1.807) is 0 Å². The van der Waals surface area contributed by atoms with Crippen LogP contribution in [0.3, 0.4) is 0 Å². The van der Waals surface area contributed by atoms with Crippen molar-refractivity contribution in [2.75, 3.05) is 0 Å². The highest BCUT2D eigenvalue weighted by Gasteiger charge is 1.98. The maximum absolute atomic E-state index is 3.55. The number of rotatable bonds is 2. The van der Waals surface area contributed by atoms with Crippen LogP contribution in [-0.4, -0.2) is 0 Å². The zero-order chi connectivity index (χ0) is 8.97. The molecule has 0 unspecified atom stereocenters. The van der Waals surface area contributed by atoms with E-state index in [0.717, 1.165) is 6.42 Å². The number of allylic oxidation sites excluding steroid dienone is 1. The van der Waals surface area contributed by atoms with Gasteiger partial charge >= 0.3 is 0 Å². The van der Waals surface area contributed by atoms with Gasteiger partial charge in [-0.25, -0.2) is 0 Å². The number of hydrogen-bond donors (Lipinski definition) is 0. The van der Waals surface area contributed by atoms with Crippen LogP contribution in [-0.2, 0) is 6.42 Å². The molecule has 0 aromatic heterocycles. The molecule has 0 aliphatic rings. The van der Waals surface area contributed by atoms with Crippen molar-refractivity contribution in [1.82, 2.24) is 0 Å². The van der Waals surface area contributed by atoms with Crippen molar-refractivity contribution in [3.05, 3.63) is 53.3 Å². The maximum atomic E-state index is 3.55. The van der Waals surface area contributed by atoms with E-state index in [-0.39, 0.29) is 0 Å². The van der Waals surface area contributed by atoms with Gasteiger partial charge in [0.15, 0.2) is 0 Å². The highest BCUT2D eigenvalue weighted by atomic mass is 14.0. The summed E-state index contributed by atoms with van der Waals surface area (Å²) >= 11 is 0. The lowest BCUT2D eigenvalue weighted by atomic mass is 10.0. The molecule has 0 heterocycles. The summed E-state index contributed by atoms with van der Waals surface area (Å²) in [5, 5.41) is 0. The second-order valence-corrected chi connectivity index (χ2v) is 2.98. The molecular formula is C12H14. The molecule has 0 aliphatic carbocycles. The van der Waals surface area contributed by atoms with Crippen LogP contribution in [0.2, 0.25) is 0 Å². The molecule has 0 saturated heterocycles. The van der Waals surface area contributed by atoms with Crippen LogP contribution in [0.15, 0.2) is 36.6 Å². The average molecular weight is 158 g/mol. The normalized spacial score (nSPS) is 9.17. The van der Waals surface area contributed by atoms with Gasteiger partial charge in [0.25, 0.3) is 0 Å². The molecule has 0 nitrogen and oxygen atoms in total. The van der Waals surface area contributed by atoms with Crippen molar-refractivity contribution in [3.8, 4) is 0 Å². The minimum Gasteiger partial charge on any atom is -0.133 e. The van der Waals surface area contributed by atoms with E-state index < -0.39 is 0 Å². The summed E-state index contributed by atoms with van der Waals surface area (Å²) in [6.45, 7) is 7.83. The van der Waals surface area contributed by atoms with E-state index in [9.17, 15) is 0 Å². The number of hydrogen-bond acceptors (Lipinski definition) is 0. The third-order valence-electron chi connectivity index (χ3n) is 2.09. The van der Waals surface area contributed by atoms with Crippen LogP contribution >= 0.6 is 0 Å². The molecule has 1 aromatic rings. The average Bonchev–Trinajstić information content (AvgIpc) is 2.04. The zero-order valence-corrected chi connectivity index (χ0v) is 7.72. The van der Waals surface area contributed by atoms with E-state index in [1.807, 2.05) is 6.08 Å². The van der Waals surface area contributed by atoms with Crippen LogP contribution in [0, 0.1) is 13.8 Å². The molecule has 0 amide bonds. The molecule has 0 atom stereocenters. The van der Waals surface area contributed by atoms with E-state index >= 15 is 0 Å². The highest BCUT2D eigenvalue weighted by Crippen LogP contribution is 2.13. The van der Waals surface area contributed by atoms with Crippen molar-refractivity contribution >= 4 is 0 Å². The summed E-state index contributed by atoms with van der Waals surface area (Å²) in [5.41, 5.74) is 6.89. The van der Waals surface area contributed by atoms with Gasteiger partial charge in [-0.2, -0.15) is 0 Å². The Labute approximate surface area is 74.2 Å². The Morgan fingerprint density at radius 2 is 1.92 bits per heavy atom. The lowest BCUT2D eigenvalue weighted by Crippen LogP contribution is -1.90. The Morgan fingerprint density at radius 3 is 2.42 bits per heavy atom. The molecule has 0 spiro atoms. The van der Waals surface area contributed by atoms with Crippen molar-refractivity contribution in [3.63, 3.8) is 0 Å². The summed E-state index contributed by atoms with van der Waals surface area (Å²) in [5.74, 6) is 0. The molecule has 0 aliphatic heterocycles. The summed E-state index contributed by atoms with van der Waals surface area (Å²) in [6, 6.07) is 6.37. The summed E-state index contributed by atoms with van der Waals surface area (Å²) in [4.78, 5) is 0. The molecule has 12 heavy (non-hydrogen) atoms. The minimum atomic E-state index is 0.946. The molecule has 0 radical (unpaired) electrons. The predicted octanol–water partition coefficient (Wildman–Crippen LogP) is 3.19. The Kier molecular flexibility index (Phi) is 2.90. The standard InChI is InChI=1S/C12H14/c1-4-5-9-12-10(2)7-6-8-11(12)3/h5-8H,1,9H2,2-3H3. The number of aryl methyl sites for hydroxylation is 2. The molecule has 0 heteroatoms. The van der Waals surface area contributed by atoms with Crippen LogP contribution in [0.5, 0.6) is 0 Å². The van der Waals surface area contributed by atoms with E-state index in [1.165, 1.54) is 16.7 Å². The quantitative estimate of drug-likeness (QED) is 0.580. The lowest BCUT2D eigenvalue weighted by Gasteiger charge is -2.05. The molecule has 1 aromatic carbocycles. The molecule has 62 valence electrons. The minimum absolute atomic E-state index is 0.946. The molecule has 0 bridgehead atoms. The van der Waals surface area contributed by atoms with Gasteiger partial charge in [0.2, 0.25) is 0 Å². The third-order valence-corrected chi connectivity index (χ3v) is 2.09.